The summed E-state index contributed by atoms with van der Waals surface area (Å²) in [5.41, 5.74) is 4.74. The minimum absolute atomic E-state index is 0.168. The van der Waals surface area contributed by atoms with Crippen molar-refractivity contribution in [2.45, 2.75) is 32.2 Å². The van der Waals surface area contributed by atoms with E-state index in [1.807, 2.05) is 6.92 Å². The lowest BCUT2D eigenvalue weighted by molar-refractivity contribution is 0.0738. The number of carbonyl (C=O) groups excluding carboxylic acids is 1. The van der Waals surface area contributed by atoms with Gasteiger partial charge in [-0.3, -0.25) is 4.79 Å². The van der Waals surface area contributed by atoms with E-state index in [4.69, 9.17) is 5.73 Å². The molecule has 1 fully saturated rings. The van der Waals surface area contributed by atoms with Gasteiger partial charge in [-0.25, -0.2) is 8.78 Å². The molecule has 1 aliphatic rings. The average molecular weight is 254 g/mol. The molecule has 0 saturated heterocycles. The van der Waals surface area contributed by atoms with Crippen LogP contribution in [-0.4, -0.2) is 23.4 Å². The van der Waals surface area contributed by atoms with Gasteiger partial charge in [-0.15, -0.1) is 0 Å². The molecule has 98 valence electrons. The second kappa shape index (κ2) is 4.92. The number of halogens is 2. The van der Waals surface area contributed by atoms with Gasteiger partial charge >= 0.3 is 0 Å². The Morgan fingerprint density at radius 2 is 2.11 bits per heavy atom. The summed E-state index contributed by atoms with van der Waals surface area (Å²) >= 11 is 0. The van der Waals surface area contributed by atoms with E-state index >= 15 is 0 Å². The summed E-state index contributed by atoms with van der Waals surface area (Å²) in [6.45, 7) is 2.50. The first kappa shape index (κ1) is 12.8. The van der Waals surface area contributed by atoms with Gasteiger partial charge in [0.15, 0.2) is 5.82 Å². The van der Waals surface area contributed by atoms with Crippen molar-refractivity contribution in [2.24, 2.45) is 0 Å². The SMILES string of the molecule is CCCN(C(=O)c1cc(F)cc(N)c1F)C1CC1. The monoisotopic (exact) mass is 254 g/mol. The van der Waals surface area contributed by atoms with Crippen LogP contribution in [0.2, 0.25) is 0 Å². The van der Waals surface area contributed by atoms with Gasteiger partial charge in [0.25, 0.3) is 5.91 Å². The van der Waals surface area contributed by atoms with Gasteiger partial charge in [0, 0.05) is 12.6 Å². The minimum Gasteiger partial charge on any atom is -0.396 e. The van der Waals surface area contributed by atoms with Crippen molar-refractivity contribution < 1.29 is 13.6 Å². The number of rotatable bonds is 4. The second-order valence-electron chi connectivity index (χ2n) is 4.59. The lowest BCUT2D eigenvalue weighted by Gasteiger charge is -2.22. The van der Waals surface area contributed by atoms with Gasteiger partial charge in [-0.1, -0.05) is 6.92 Å². The highest BCUT2D eigenvalue weighted by Gasteiger charge is 2.33. The van der Waals surface area contributed by atoms with Gasteiger partial charge in [-0.05, 0) is 31.4 Å². The van der Waals surface area contributed by atoms with Crippen LogP contribution in [0.3, 0.4) is 0 Å². The predicted octanol–water partition coefficient (Wildman–Crippen LogP) is 2.56. The average Bonchev–Trinajstić information content (AvgIpc) is 3.14. The second-order valence-corrected chi connectivity index (χ2v) is 4.59. The highest BCUT2D eigenvalue weighted by Crippen LogP contribution is 2.29. The molecule has 0 unspecified atom stereocenters. The Morgan fingerprint density at radius 3 is 2.67 bits per heavy atom. The molecule has 0 bridgehead atoms. The van der Waals surface area contributed by atoms with Crippen LogP contribution < -0.4 is 5.73 Å². The van der Waals surface area contributed by atoms with Gasteiger partial charge in [-0.2, -0.15) is 0 Å². The number of nitrogens with two attached hydrogens (primary N) is 1. The summed E-state index contributed by atoms with van der Waals surface area (Å²) in [6.07, 6.45) is 2.64. The number of amides is 1. The van der Waals surface area contributed by atoms with Crippen molar-refractivity contribution in [3.8, 4) is 0 Å². The molecule has 0 aromatic heterocycles. The van der Waals surface area contributed by atoms with E-state index in [0.717, 1.165) is 31.4 Å². The molecule has 1 aliphatic carbocycles. The number of anilines is 1. The fourth-order valence-corrected chi connectivity index (χ4v) is 2.00. The number of hydrogen-bond donors (Lipinski definition) is 1. The van der Waals surface area contributed by atoms with E-state index in [0.29, 0.717) is 6.54 Å². The first-order valence-electron chi connectivity index (χ1n) is 6.10. The lowest BCUT2D eigenvalue weighted by atomic mass is 10.1. The number of benzene rings is 1. The van der Waals surface area contributed by atoms with E-state index in [2.05, 4.69) is 0 Å². The van der Waals surface area contributed by atoms with Crippen LogP contribution in [0.1, 0.15) is 36.5 Å². The third-order valence-corrected chi connectivity index (χ3v) is 3.01. The summed E-state index contributed by atoms with van der Waals surface area (Å²) in [5, 5.41) is 0. The topological polar surface area (TPSA) is 46.3 Å². The first-order chi connectivity index (χ1) is 8.54. The van der Waals surface area contributed by atoms with Crippen molar-refractivity contribution in [3.05, 3.63) is 29.3 Å². The molecule has 1 amide bonds. The Kier molecular flexibility index (Phi) is 3.50. The Labute approximate surface area is 105 Å². The van der Waals surface area contributed by atoms with Crippen LogP contribution in [0.15, 0.2) is 12.1 Å². The van der Waals surface area contributed by atoms with Gasteiger partial charge in [0.1, 0.15) is 5.82 Å². The van der Waals surface area contributed by atoms with Crippen LogP contribution in [0.4, 0.5) is 14.5 Å². The van der Waals surface area contributed by atoms with Gasteiger partial charge in [0.2, 0.25) is 0 Å². The zero-order valence-electron chi connectivity index (χ0n) is 10.2. The molecule has 2 rings (SSSR count). The van der Waals surface area contributed by atoms with E-state index in [9.17, 15) is 13.6 Å². The van der Waals surface area contributed by atoms with Crippen molar-refractivity contribution >= 4 is 11.6 Å². The standard InChI is InChI=1S/C13H16F2N2O/c1-2-5-17(9-3-4-9)13(18)10-6-8(14)7-11(16)12(10)15/h6-7,9H,2-5,16H2,1H3. The fraction of sp³-hybridized carbons (Fsp3) is 0.462. The number of nitrogens with zero attached hydrogens (tertiary/aromatic N) is 1. The zero-order chi connectivity index (χ0) is 13.3. The van der Waals surface area contributed by atoms with Crippen molar-refractivity contribution in [3.63, 3.8) is 0 Å². The molecule has 0 aliphatic heterocycles. The van der Waals surface area contributed by atoms with Gasteiger partial charge < -0.3 is 10.6 Å². The Hall–Kier alpha value is -1.65. The quantitative estimate of drug-likeness (QED) is 0.839. The number of hydrogen-bond acceptors (Lipinski definition) is 2. The molecule has 0 atom stereocenters. The van der Waals surface area contributed by atoms with Crippen molar-refractivity contribution in [2.75, 3.05) is 12.3 Å². The van der Waals surface area contributed by atoms with Crippen LogP contribution in [0.25, 0.3) is 0 Å². The maximum Gasteiger partial charge on any atom is 0.257 e. The molecule has 1 aromatic carbocycles. The van der Waals surface area contributed by atoms with Crippen LogP contribution >= 0.6 is 0 Å². The van der Waals surface area contributed by atoms with Crippen LogP contribution in [-0.2, 0) is 0 Å². The smallest absolute Gasteiger partial charge is 0.257 e. The number of carbonyl (C=O) groups is 1. The van der Waals surface area contributed by atoms with E-state index < -0.39 is 17.5 Å². The fourth-order valence-electron chi connectivity index (χ4n) is 2.00. The number of nitrogen functional groups attached to an aromatic ring is 1. The molecule has 2 N–H and O–H groups in total. The van der Waals surface area contributed by atoms with E-state index in [-0.39, 0.29) is 17.3 Å². The Balaban J connectivity index is 2.31. The molecule has 1 saturated carbocycles. The molecule has 0 radical (unpaired) electrons. The summed E-state index contributed by atoms with van der Waals surface area (Å²) in [5.74, 6) is -1.99. The van der Waals surface area contributed by atoms with E-state index in [1.165, 1.54) is 0 Å². The third kappa shape index (κ3) is 2.44. The zero-order valence-corrected chi connectivity index (χ0v) is 10.2. The third-order valence-electron chi connectivity index (χ3n) is 3.01. The predicted molar refractivity (Wildman–Crippen MR) is 65.1 cm³/mol. The minimum atomic E-state index is -0.830. The molecular formula is C13H16F2N2O. The lowest BCUT2D eigenvalue weighted by Crippen LogP contribution is -2.34. The van der Waals surface area contributed by atoms with Crippen LogP contribution in [0.5, 0.6) is 0 Å². The summed E-state index contributed by atoms with van der Waals surface area (Å²) < 4.78 is 27.0. The van der Waals surface area contributed by atoms with Crippen molar-refractivity contribution in [1.29, 1.82) is 0 Å². The summed E-state index contributed by atoms with van der Waals surface area (Å²) in [4.78, 5) is 13.8. The molecular weight excluding hydrogens is 238 g/mol. The maximum atomic E-state index is 13.8. The molecule has 0 heterocycles. The van der Waals surface area contributed by atoms with Gasteiger partial charge in [0.05, 0.1) is 11.3 Å². The molecule has 3 nitrogen and oxygen atoms in total. The summed E-state index contributed by atoms with van der Waals surface area (Å²) in [6, 6.07) is 1.97. The van der Waals surface area contributed by atoms with E-state index in [1.54, 1.807) is 4.90 Å². The largest absolute Gasteiger partial charge is 0.396 e. The first-order valence-corrected chi connectivity index (χ1v) is 6.10. The highest BCUT2D eigenvalue weighted by atomic mass is 19.1. The summed E-state index contributed by atoms with van der Waals surface area (Å²) in [7, 11) is 0. The molecule has 18 heavy (non-hydrogen) atoms. The Bertz CT molecular complexity index is 472. The molecule has 1 aromatic rings. The normalized spacial score (nSPS) is 14.6. The molecule has 0 spiro atoms. The van der Waals surface area contributed by atoms with Crippen LogP contribution in [0, 0.1) is 11.6 Å². The van der Waals surface area contributed by atoms with Crippen molar-refractivity contribution in [1.82, 2.24) is 4.90 Å². The Morgan fingerprint density at radius 1 is 1.44 bits per heavy atom. The highest BCUT2D eigenvalue weighted by molar-refractivity contribution is 5.95. The maximum absolute atomic E-state index is 13.8. The molecule has 5 heteroatoms.